The van der Waals surface area contributed by atoms with Gasteiger partial charge in [0.2, 0.25) is 0 Å². The van der Waals surface area contributed by atoms with Gasteiger partial charge in [-0.05, 0) is 27.7 Å². The molecule has 3 heteroatoms. The van der Waals surface area contributed by atoms with Crippen LogP contribution in [0.1, 0.15) is 27.7 Å². The first-order valence-electron chi connectivity index (χ1n) is 3.71. The first-order valence-corrected chi connectivity index (χ1v) is 3.71. The summed E-state index contributed by atoms with van der Waals surface area (Å²) in [5, 5.41) is 0. The molecule has 0 fully saturated rings. The quantitative estimate of drug-likeness (QED) is 0.461. The van der Waals surface area contributed by atoms with Crippen LogP contribution in [0.25, 0.3) is 0 Å². The Morgan fingerprint density at radius 1 is 1.18 bits per heavy atom. The number of amidine groups is 1. The normalized spacial score (nSPS) is 15.2. The van der Waals surface area contributed by atoms with E-state index in [0.29, 0.717) is 5.84 Å². The number of aliphatic imine (C=N–C) groups is 1. The van der Waals surface area contributed by atoms with Gasteiger partial charge in [-0.25, -0.2) is 0 Å². The second-order valence-electron chi connectivity index (χ2n) is 2.92. The van der Waals surface area contributed by atoms with E-state index in [1.807, 2.05) is 27.7 Å². The van der Waals surface area contributed by atoms with Crippen molar-refractivity contribution in [2.75, 3.05) is 0 Å². The van der Waals surface area contributed by atoms with Gasteiger partial charge in [0, 0.05) is 17.3 Å². The van der Waals surface area contributed by atoms with Gasteiger partial charge in [0.15, 0.2) is 0 Å². The lowest BCUT2D eigenvalue weighted by Gasteiger charge is -2.04. The molecule has 0 aliphatic rings. The number of nitrogens with zero attached hydrogens (tertiary/aromatic N) is 1. The molecule has 0 unspecified atom stereocenters. The van der Waals surface area contributed by atoms with E-state index in [0.717, 1.165) is 11.3 Å². The third-order valence-corrected chi connectivity index (χ3v) is 1.37. The van der Waals surface area contributed by atoms with Crippen LogP contribution in [0.5, 0.6) is 0 Å². The minimum absolute atomic E-state index is 0.226. The zero-order chi connectivity index (χ0) is 9.02. The zero-order valence-electron chi connectivity index (χ0n) is 7.68. The van der Waals surface area contributed by atoms with Crippen molar-refractivity contribution in [3.8, 4) is 0 Å². The van der Waals surface area contributed by atoms with Gasteiger partial charge in [0.05, 0.1) is 0 Å². The third kappa shape index (κ3) is 3.65. The molecule has 0 aliphatic carbocycles. The Balaban J connectivity index is 4.50. The lowest BCUT2D eigenvalue weighted by Crippen LogP contribution is -2.18. The van der Waals surface area contributed by atoms with E-state index in [4.69, 9.17) is 11.5 Å². The molecule has 0 heterocycles. The van der Waals surface area contributed by atoms with Crippen molar-refractivity contribution in [3.05, 3.63) is 11.3 Å². The van der Waals surface area contributed by atoms with Gasteiger partial charge in [-0.15, -0.1) is 0 Å². The average Bonchev–Trinajstić information content (AvgIpc) is 1.84. The van der Waals surface area contributed by atoms with Crippen molar-refractivity contribution in [2.24, 2.45) is 16.5 Å². The minimum Gasteiger partial charge on any atom is -0.402 e. The summed E-state index contributed by atoms with van der Waals surface area (Å²) >= 11 is 0. The first-order chi connectivity index (χ1) is 4.95. The van der Waals surface area contributed by atoms with Crippen molar-refractivity contribution in [2.45, 2.75) is 33.7 Å². The first kappa shape index (κ1) is 10.0. The number of hydrogen-bond acceptors (Lipinski definition) is 2. The Bertz CT molecular complexity index is 186. The Kier molecular flexibility index (Phi) is 3.65. The van der Waals surface area contributed by atoms with Crippen molar-refractivity contribution in [3.63, 3.8) is 0 Å². The molecule has 0 radical (unpaired) electrons. The molecule has 4 N–H and O–H groups in total. The van der Waals surface area contributed by atoms with Gasteiger partial charge in [-0.1, -0.05) is 0 Å². The molecule has 3 nitrogen and oxygen atoms in total. The molecule has 0 saturated heterocycles. The van der Waals surface area contributed by atoms with E-state index in [2.05, 4.69) is 4.99 Å². The summed E-state index contributed by atoms with van der Waals surface area (Å²) in [6, 6.07) is 0.226. The van der Waals surface area contributed by atoms with Crippen LogP contribution in [0.3, 0.4) is 0 Å². The molecule has 0 aromatic carbocycles. The van der Waals surface area contributed by atoms with E-state index >= 15 is 0 Å². The van der Waals surface area contributed by atoms with Crippen molar-refractivity contribution < 1.29 is 0 Å². The highest BCUT2D eigenvalue weighted by atomic mass is 14.9. The average molecular weight is 155 g/mol. The fraction of sp³-hybridized carbons (Fsp3) is 0.625. The summed E-state index contributed by atoms with van der Waals surface area (Å²) in [6.45, 7) is 7.65. The second-order valence-corrected chi connectivity index (χ2v) is 2.92. The summed E-state index contributed by atoms with van der Waals surface area (Å²) in [5.74, 6) is 0.542. The maximum absolute atomic E-state index is 5.63. The maximum Gasteiger partial charge on any atom is 0.123 e. The minimum atomic E-state index is 0.226. The van der Waals surface area contributed by atoms with E-state index in [9.17, 15) is 0 Å². The van der Waals surface area contributed by atoms with Crippen LogP contribution in [0.4, 0.5) is 0 Å². The Morgan fingerprint density at radius 3 is 1.91 bits per heavy atom. The smallest absolute Gasteiger partial charge is 0.123 e. The molecule has 64 valence electrons. The van der Waals surface area contributed by atoms with Gasteiger partial charge in [0.25, 0.3) is 0 Å². The largest absolute Gasteiger partial charge is 0.402 e. The predicted molar refractivity (Wildman–Crippen MR) is 49.3 cm³/mol. The van der Waals surface area contributed by atoms with E-state index in [-0.39, 0.29) is 6.04 Å². The highest BCUT2D eigenvalue weighted by molar-refractivity contribution is 5.96. The van der Waals surface area contributed by atoms with Crippen LogP contribution in [-0.4, -0.2) is 11.9 Å². The van der Waals surface area contributed by atoms with Crippen LogP contribution in [0.15, 0.2) is 16.3 Å². The van der Waals surface area contributed by atoms with Gasteiger partial charge < -0.3 is 11.5 Å². The van der Waals surface area contributed by atoms with Crippen molar-refractivity contribution >= 4 is 5.84 Å². The Labute approximate surface area is 68.2 Å². The Morgan fingerprint density at radius 2 is 1.64 bits per heavy atom. The zero-order valence-corrected chi connectivity index (χ0v) is 7.68. The summed E-state index contributed by atoms with van der Waals surface area (Å²) in [6.07, 6.45) is 0. The van der Waals surface area contributed by atoms with Gasteiger partial charge in [-0.2, -0.15) is 0 Å². The molecule has 0 saturated carbocycles. The van der Waals surface area contributed by atoms with Crippen LogP contribution in [-0.2, 0) is 0 Å². The highest BCUT2D eigenvalue weighted by Gasteiger charge is 1.98. The number of hydrogen-bond donors (Lipinski definition) is 2. The van der Waals surface area contributed by atoms with E-state index in [1.165, 1.54) is 0 Å². The van der Waals surface area contributed by atoms with Gasteiger partial charge >= 0.3 is 0 Å². The van der Waals surface area contributed by atoms with Gasteiger partial charge in [0.1, 0.15) is 5.84 Å². The van der Waals surface area contributed by atoms with Crippen LogP contribution in [0, 0.1) is 0 Å². The molecule has 0 amide bonds. The molecule has 0 aromatic rings. The van der Waals surface area contributed by atoms with Crippen LogP contribution < -0.4 is 11.5 Å². The molecule has 0 aliphatic heterocycles. The topological polar surface area (TPSA) is 64.4 Å². The SMILES string of the molecule is CC(N)=C(C)C(N)=NC(C)C. The number of nitrogens with two attached hydrogens (primary N) is 2. The molecular weight excluding hydrogens is 138 g/mol. The molecule has 0 rings (SSSR count). The molecule has 0 bridgehead atoms. The number of rotatable bonds is 2. The van der Waals surface area contributed by atoms with E-state index in [1.54, 1.807) is 0 Å². The predicted octanol–water partition coefficient (Wildman–Crippen LogP) is 1.00. The summed E-state index contributed by atoms with van der Waals surface area (Å²) in [7, 11) is 0. The standard InChI is InChI=1S/C8H17N3/c1-5(2)11-8(10)6(3)7(4)9/h5H,9H2,1-4H3,(H2,10,11). The molecule has 0 atom stereocenters. The molecule has 11 heavy (non-hydrogen) atoms. The Hall–Kier alpha value is -0.990. The number of allylic oxidation sites excluding steroid dienone is 1. The van der Waals surface area contributed by atoms with E-state index < -0.39 is 0 Å². The molecule has 0 spiro atoms. The monoisotopic (exact) mass is 155 g/mol. The lowest BCUT2D eigenvalue weighted by molar-refractivity contribution is 0.833. The van der Waals surface area contributed by atoms with Crippen LogP contribution >= 0.6 is 0 Å². The fourth-order valence-corrected chi connectivity index (χ4v) is 0.577. The maximum atomic E-state index is 5.63. The summed E-state index contributed by atoms with van der Waals surface area (Å²) in [4.78, 5) is 4.16. The highest BCUT2D eigenvalue weighted by Crippen LogP contribution is 1.98. The summed E-state index contributed by atoms with van der Waals surface area (Å²) in [5.41, 5.74) is 12.8. The molecular formula is C8H17N3. The third-order valence-electron chi connectivity index (χ3n) is 1.37. The van der Waals surface area contributed by atoms with Crippen molar-refractivity contribution in [1.82, 2.24) is 0 Å². The van der Waals surface area contributed by atoms with Crippen LogP contribution in [0.2, 0.25) is 0 Å². The van der Waals surface area contributed by atoms with Gasteiger partial charge in [-0.3, -0.25) is 4.99 Å². The fourth-order valence-electron chi connectivity index (χ4n) is 0.577. The lowest BCUT2D eigenvalue weighted by atomic mass is 10.2. The van der Waals surface area contributed by atoms with Crippen molar-refractivity contribution in [1.29, 1.82) is 0 Å². The molecule has 0 aromatic heterocycles. The second kappa shape index (κ2) is 4.01. The summed E-state index contributed by atoms with van der Waals surface area (Å²) < 4.78 is 0.